The zero-order valence-electron chi connectivity index (χ0n) is 9.58. The molecule has 0 amide bonds. The number of pyridine rings is 1. The van der Waals surface area contributed by atoms with Crippen molar-refractivity contribution in [1.29, 1.82) is 5.26 Å². The second-order valence-corrected chi connectivity index (χ2v) is 4.12. The molecule has 1 saturated heterocycles. The van der Waals surface area contributed by atoms with Gasteiger partial charge in [0, 0.05) is 12.3 Å². The Morgan fingerprint density at radius 1 is 1.56 bits per heavy atom. The molecule has 0 radical (unpaired) electrons. The van der Waals surface area contributed by atoms with Gasteiger partial charge >= 0.3 is 0 Å². The third kappa shape index (κ3) is 2.15. The molecule has 0 aromatic carbocycles. The van der Waals surface area contributed by atoms with Crippen LogP contribution in [-0.4, -0.2) is 24.2 Å². The number of aromatic nitrogens is 1. The molecule has 84 valence electrons. The summed E-state index contributed by atoms with van der Waals surface area (Å²) in [5.74, 6) is 0.690. The molecule has 1 aromatic heterocycles. The molecular weight excluding hydrogens is 202 g/mol. The van der Waals surface area contributed by atoms with Crippen molar-refractivity contribution in [3.05, 3.63) is 22.9 Å². The summed E-state index contributed by atoms with van der Waals surface area (Å²) >= 11 is 0. The van der Waals surface area contributed by atoms with Crippen molar-refractivity contribution in [3.8, 4) is 6.07 Å². The van der Waals surface area contributed by atoms with E-state index in [2.05, 4.69) is 16.4 Å². The van der Waals surface area contributed by atoms with E-state index in [1.165, 1.54) is 0 Å². The quantitative estimate of drug-likeness (QED) is 0.820. The molecule has 1 aliphatic rings. The number of rotatable bonds is 2. The SMILES string of the molecule is Cc1cc(C)c(C#N)c(NC2CCOC2)n1. The summed E-state index contributed by atoms with van der Waals surface area (Å²) in [5, 5.41) is 12.4. The predicted octanol–water partition coefficient (Wildman–Crippen LogP) is 1.77. The van der Waals surface area contributed by atoms with Gasteiger partial charge in [0.2, 0.25) is 0 Å². The highest BCUT2D eigenvalue weighted by molar-refractivity contribution is 5.56. The standard InChI is InChI=1S/C12H15N3O/c1-8-5-9(2)14-12(11(8)6-13)15-10-3-4-16-7-10/h5,10H,3-4,7H2,1-2H3,(H,14,15). The molecule has 0 spiro atoms. The van der Waals surface area contributed by atoms with Crippen LogP contribution in [0.2, 0.25) is 0 Å². The summed E-state index contributed by atoms with van der Waals surface area (Å²) in [6.45, 7) is 5.35. The molecule has 0 bridgehead atoms. The highest BCUT2D eigenvalue weighted by Gasteiger charge is 2.18. The lowest BCUT2D eigenvalue weighted by Gasteiger charge is -2.14. The van der Waals surface area contributed by atoms with Gasteiger partial charge in [-0.15, -0.1) is 0 Å². The van der Waals surface area contributed by atoms with Crippen molar-refractivity contribution in [2.24, 2.45) is 0 Å². The lowest BCUT2D eigenvalue weighted by Crippen LogP contribution is -2.21. The second-order valence-electron chi connectivity index (χ2n) is 4.12. The van der Waals surface area contributed by atoms with Gasteiger partial charge in [-0.3, -0.25) is 0 Å². The minimum absolute atomic E-state index is 0.279. The Hall–Kier alpha value is -1.60. The van der Waals surface area contributed by atoms with Crippen molar-refractivity contribution in [3.63, 3.8) is 0 Å². The van der Waals surface area contributed by atoms with E-state index in [9.17, 15) is 0 Å². The average molecular weight is 217 g/mol. The van der Waals surface area contributed by atoms with E-state index in [0.29, 0.717) is 18.0 Å². The highest BCUT2D eigenvalue weighted by atomic mass is 16.5. The predicted molar refractivity (Wildman–Crippen MR) is 61.3 cm³/mol. The van der Waals surface area contributed by atoms with Crippen LogP contribution < -0.4 is 5.32 Å². The summed E-state index contributed by atoms with van der Waals surface area (Å²) in [7, 11) is 0. The Balaban J connectivity index is 2.28. The topological polar surface area (TPSA) is 57.9 Å². The minimum Gasteiger partial charge on any atom is -0.379 e. The van der Waals surface area contributed by atoms with Gasteiger partial charge in [-0.05, 0) is 31.9 Å². The van der Waals surface area contributed by atoms with E-state index in [1.54, 1.807) is 0 Å². The highest BCUT2D eigenvalue weighted by Crippen LogP contribution is 2.20. The Kier molecular flexibility index (Phi) is 3.07. The Bertz CT molecular complexity index is 431. The number of hydrogen-bond acceptors (Lipinski definition) is 4. The lowest BCUT2D eigenvalue weighted by molar-refractivity contribution is 0.195. The van der Waals surface area contributed by atoms with Crippen LogP contribution in [0.1, 0.15) is 23.2 Å². The fourth-order valence-corrected chi connectivity index (χ4v) is 1.92. The van der Waals surface area contributed by atoms with Gasteiger partial charge in [-0.25, -0.2) is 4.98 Å². The molecule has 16 heavy (non-hydrogen) atoms. The number of nitrogens with zero attached hydrogens (tertiary/aromatic N) is 2. The first-order valence-electron chi connectivity index (χ1n) is 5.43. The van der Waals surface area contributed by atoms with Crippen LogP contribution in [0.4, 0.5) is 5.82 Å². The largest absolute Gasteiger partial charge is 0.379 e. The third-order valence-electron chi connectivity index (χ3n) is 2.73. The van der Waals surface area contributed by atoms with Crippen LogP contribution in [0.15, 0.2) is 6.07 Å². The van der Waals surface area contributed by atoms with Crippen molar-refractivity contribution < 1.29 is 4.74 Å². The van der Waals surface area contributed by atoms with Crippen LogP contribution >= 0.6 is 0 Å². The smallest absolute Gasteiger partial charge is 0.144 e. The summed E-state index contributed by atoms with van der Waals surface area (Å²) in [5.41, 5.74) is 2.53. The maximum absolute atomic E-state index is 9.10. The molecule has 1 N–H and O–H groups in total. The van der Waals surface area contributed by atoms with Gasteiger partial charge in [0.25, 0.3) is 0 Å². The van der Waals surface area contributed by atoms with Crippen molar-refractivity contribution in [2.45, 2.75) is 26.3 Å². The first kappa shape index (κ1) is 10.9. The van der Waals surface area contributed by atoms with E-state index in [1.807, 2.05) is 19.9 Å². The maximum Gasteiger partial charge on any atom is 0.144 e. The van der Waals surface area contributed by atoms with E-state index in [4.69, 9.17) is 10.00 Å². The molecule has 0 aliphatic carbocycles. The molecule has 4 nitrogen and oxygen atoms in total. The molecule has 1 aromatic rings. The van der Waals surface area contributed by atoms with Gasteiger partial charge < -0.3 is 10.1 Å². The summed E-state index contributed by atoms with van der Waals surface area (Å²) in [6, 6.07) is 4.40. The van der Waals surface area contributed by atoms with Gasteiger partial charge in [-0.2, -0.15) is 5.26 Å². The normalized spacial score (nSPS) is 19.4. The van der Waals surface area contributed by atoms with Crippen LogP contribution in [0.25, 0.3) is 0 Å². The first-order chi connectivity index (χ1) is 7.70. The molecule has 1 unspecified atom stereocenters. The number of ether oxygens (including phenoxy) is 1. The van der Waals surface area contributed by atoms with Crippen molar-refractivity contribution in [1.82, 2.24) is 4.98 Å². The van der Waals surface area contributed by atoms with Crippen LogP contribution in [0.5, 0.6) is 0 Å². The van der Waals surface area contributed by atoms with Gasteiger partial charge in [0.1, 0.15) is 11.9 Å². The summed E-state index contributed by atoms with van der Waals surface area (Å²) in [6.07, 6.45) is 0.972. The molecule has 1 fully saturated rings. The van der Waals surface area contributed by atoms with Crippen LogP contribution in [0.3, 0.4) is 0 Å². The van der Waals surface area contributed by atoms with E-state index in [-0.39, 0.29) is 6.04 Å². The first-order valence-corrected chi connectivity index (χ1v) is 5.43. The Morgan fingerprint density at radius 2 is 2.38 bits per heavy atom. The summed E-state index contributed by atoms with van der Waals surface area (Å²) < 4.78 is 5.29. The zero-order chi connectivity index (χ0) is 11.5. The molecule has 1 aliphatic heterocycles. The van der Waals surface area contributed by atoms with E-state index >= 15 is 0 Å². The number of nitrogens with one attached hydrogen (secondary N) is 1. The lowest BCUT2D eigenvalue weighted by atomic mass is 10.1. The molecule has 4 heteroatoms. The van der Waals surface area contributed by atoms with E-state index in [0.717, 1.165) is 24.3 Å². The average Bonchev–Trinajstić information content (AvgIpc) is 2.70. The fourth-order valence-electron chi connectivity index (χ4n) is 1.92. The number of aryl methyl sites for hydroxylation is 2. The van der Waals surface area contributed by atoms with Gasteiger partial charge in [0.05, 0.1) is 18.2 Å². The number of anilines is 1. The van der Waals surface area contributed by atoms with Crippen molar-refractivity contribution in [2.75, 3.05) is 18.5 Å². The molecule has 1 atom stereocenters. The monoisotopic (exact) mass is 217 g/mol. The molecule has 2 rings (SSSR count). The molecule has 0 saturated carbocycles. The van der Waals surface area contributed by atoms with Crippen molar-refractivity contribution >= 4 is 5.82 Å². The summed E-state index contributed by atoms with van der Waals surface area (Å²) in [4.78, 5) is 4.38. The van der Waals surface area contributed by atoms with Gasteiger partial charge in [0.15, 0.2) is 0 Å². The Morgan fingerprint density at radius 3 is 3.00 bits per heavy atom. The minimum atomic E-state index is 0.279. The maximum atomic E-state index is 9.10. The number of hydrogen-bond donors (Lipinski definition) is 1. The van der Waals surface area contributed by atoms with Crippen LogP contribution in [0, 0.1) is 25.2 Å². The fraction of sp³-hybridized carbons (Fsp3) is 0.500. The second kappa shape index (κ2) is 4.50. The molecule has 2 heterocycles. The third-order valence-corrected chi connectivity index (χ3v) is 2.73. The van der Waals surface area contributed by atoms with Crippen LogP contribution in [-0.2, 0) is 4.74 Å². The van der Waals surface area contributed by atoms with E-state index < -0.39 is 0 Å². The zero-order valence-corrected chi connectivity index (χ0v) is 9.58. The molecular formula is C12H15N3O. The van der Waals surface area contributed by atoms with Gasteiger partial charge in [-0.1, -0.05) is 0 Å². The Labute approximate surface area is 95.3 Å². The number of nitriles is 1.